The lowest BCUT2D eigenvalue weighted by Gasteiger charge is -2.18. The average molecular weight is 296 g/mol. The second-order valence-corrected chi connectivity index (χ2v) is 5.19. The SMILES string of the molecule is CC1(C)COC(Cc2ccccc2C(F)(F)F)N1.Cl. The number of hydrogen-bond donors (Lipinski definition) is 1. The molecule has 2 nitrogen and oxygen atoms in total. The van der Waals surface area contributed by atoms with Crippen LogP contribution in [0.25, 0.3) is 0 Å². The van der Waals surface area contributed by atoms with Crippen molar-refractivity contribution in [3.05, 3.63) is 35.4 Å². The van der Waals surface area contributed by atoms with Gasteiger partial charge in [-0.05, 0) is 25.5 Å². The van der Waals surface area contributed by atoms with Gasteiger partial charge in [0.05, 0.1) is 12.2 Å². The first kappa shape index (κ1) is 16.3. The van der Waals surface area contributed by atoms with E-state index in [0.29, 0.717) is 6.61 Å². The molecule has 19 heavy (non-hydrogen) atoms. The third kappa shape index (κ3) is 4.09. The van der Waals surface area contributed by atoms with Gasteiger partial charge >= 0.3 is 6.18 Å². The van der Waals surface area contributed by atoms with Gasteiger partial charge in [0.1, 0.15) is 6.23 Å². The van der Waals surface area contributed by atoms with Gasteiger partial charge < -0.3 is 4.74 Å². The van der Waals surface area contributed by atoms with Gasteiger partial charge in [-0.15, -0.1) is 12.4 Å². The maximum absolute atomic E-state index is 12.8. The topological polar surface area (TPSA) is 21.3 Å². The molecule has 2 rings (SSSR count). The van der Waals surface area contributed by atoms with Crippen molar-refractivity contribution in [1.82, 2.24) is 5.32 Å². The average Bonchev–Trinajstić information content (AvgIpc) is 2.57. The highest BCUT2D eigenvalue weighted by Gasteiger charge is 2.35. The van der Waals surface area contributed by atoms with Gasteiger partial charge in [0.25, 0.3) is 0 Å². The molecule has 1 N–H and O–H groups in total. The van der Waals surface area contributed by atoms with Gasteiger partial charge in [0, 0.05) is 12.0 Å². The highest BCUT2D eigenvalue weighted by atomic mass is 35.5. The second-order valence-electron chi connectivity index (χ2n) is 5.19. The Morgan fingerprint density at radius 1 is 1.32 bits per heavy atom. The van der Waals surface area contributed by atoms with Crippen LogP contribution < -0.4 is 5.32 Å². The van der Waals surface area contributed by atoms with Gasteiger partial charge in [0.2, 0.25) is 0 Å². The zero-order valence-corrected chi connectivity index (χ0v) is 11.6. The van der Waals surface area contributed by atoms with Crippen LogP contribution in [0.3, 0.4) is 0 Å². The van der Waals surface area contributed by atoms with Gasteiger partial charge in [-0.25, -0.2) is 0 Å². The first-order chi connectivity index (χ1) is 8.28. The molecule has 1 atom stereocenters. The molecule has 1 saturated heterocycles. The Hall–Kier alpha value is -0.780. The number of halogens is 4. The summed E-state index contributed by atoms with van der Waals surface area (Å²) in [5.74, 6) is 0. The maximum Gasteiger partial charge on any atom is 0.416 e. The summed E-state index contributed by atoms with van der Waals surface area (Å²) in [6.07, 6.45) is -4.45. The first-order valence-corrected chi connectivity index (χ1v) is 5.82. The minimum Gasteiger partial charge on any atom is -0.361 e. The molecular formula is C13H17ClF3NO. The Kier molecular flexibility index (Phi) is 4.87. The Morgan fingerprint density at radius 2 is 1.95 bits per heavy atom. The number of nitrogens with one attached hydrogen (secondary N) is 1. The maximum atomic E-state index is 12.8. The lowest BCUT2D eigenvalue weighted by Crippen LogP contribution is -2.39. The van der Waals surface area contributed by atoms with E-state index in [1.807, 2.05) is 13.8 Å². The van der Waals surface area contributed by atoms with Crippen molar-refractivity contribution in [2.24, 2.45) is 0 Å². The molecule has 1 fully saturated rings. The van der Waals surface area contributed by atoms with Crippen molar-refractivity contribution in [2.45, 2.75) is 38.2 Å². The minimum absolute atomic E-state index is 0. The van der Waals surface area contributed by atoms with Crippen molar-refractivity contribution in [3.8, 4) is 0 Å². The molecule has 1 aromatic carbocycles. The van der Waals surface area contributed by atoms with Crippen molar-refractivity contribution in [2.75, 3.05) is 6.61 Å². The van der Waals surface area contributed by atoms with Crippen LogP contribution in [0.1, 0.15) is 25.0 Å². The molecular weight excluding hydrogens is 279 g/mol. The summed E-state index contributed by atoms with van der Waals surface area (Å²) >= 11 is 0. The zero-order valence-electron chi connectivity index (χ0n) is 10.8. The molecule has 1 aliphatic heterocycles. The van der Waals surface area contributed by atoms with E-state index in [1.165, 1.54) is 12.1 Å². The van der Waals surface area contributed by atoms with Crippen LogP contribution >= 0.6 is 12.4 Å². The van der Waals surface area contributed by atoms with E-state index in [2.05, 4.69) is 5.32 Å². The van der Waals surface area contributed by atoms with Crippen LogP contribution in [0, 0.1) is 0 Å². The quantitative estimate of drug-likeness (QED) is 0.903. The molecule has 108 valence electrons. The Labute approximate surface area is 116 Å². The van der Waals surface area contributed by atoms with Crippen LogP contribution in [0.4, 0.5) is 13.2 Å². The van der Waals surface area contributed by atoms with E-state index in [1.54, 1.807) is 6.07 Å². The summed E-state index contributed by atoms with van der Waals surface area (Å²) in [6, 6.07) is 5.62. The third-order valence-electron chi connectivity index (χ3n) is 2.93. The molecule has 0 radical (unpaired) electrons. The van der Waals surface area contributed by atoms with Gasteiger partial charge in [-0.1, -0.05) is 18.2 Å². The van der Waals surface area contributed by atoms with Crippen LogP contribution in [0.15, 0.2) is 24.3 Å². The molecule has 1 unspecified atom stereocenters. The Bertz CT molecular complexity index is 434. The summed E-state index contributed by atoms with van der Waals surface area (Å²) in [7, 11) is 0. The van der Waals surface area contributed by atoms with E-state index >= 15 is 0 Å². The molecule has 0 bridgehead atoms. The fourth-order valence-electron chi connectivity index (χ4n) is 2.11. The normalized spacial score (nSPS) is 22.1. The highest BCUT2D eigenvalue weighted by molar-refractivity contribution is 5.85. The van der Waals surface area contributed by atoms with Crippen molar-refractivity contribution < 1.29 is 17.9 Å². The summed E-state index contributed by atoms with van der Waals surface area (Å²) in [4.78, 5) is 0. The number of alkyl halides is 3. The molecule has 0 saturated carbocycles. The lowest BCUT2D eigenvalue weighted by atomic mass is 10.0. The molecule has 0 spiro atoms. The van der Waals surface area contributed by atoms with Crippen LogP contribution in [-0.2, 0) is 17.3 Å². The fourth-order valence-corrected chi connectivity index (χ4v) is 2.11. The fraction of sp³-hybridized carbons (Fsp3) is 0.538. The van der Waals surface area contributed by atoms with Crippen molar-refractivity contribution in [3.63, 3.8) is 0 Å². The van der Waals surface area contributed by atoms with Gasteiger partial charge in [-0.3, -0.25) is 5.32 Å². The van der Waals surface area contributed by atoms with Gasteiger partial charge in [-0.2, -0.15) is 13.2 Å². The minimum atomic E-state index is -4.31. The molecule has 1 heterocycles. The van der Waals surface area contributed by atoms with E-state index < -0.39 is 11.7 Å². The van der Waals surface area contributed by atoms with E-state index in [0.717, 1.165) is 6.07 Å². The lowest BCUT2D eigenvalue weighted by molar-refractivity contribution is -0.138. The second kappa shape index (κ2) is 5.69. The van der Waals surface area contributed by atoms with Crippen molar-refractivity contribution >= 4 is 12.4 Å². The predicted molar refractivity (Wildman–Crippen MR) is 69.4 cm³/mol. The first-order valence-electron chi connectivity index (χ1n) is 5.82. The molecule has 1 aliphatic rings. The number of ether oxygens (including phenoxy) is 1. The van der Waals surface area contributed by atoms with Crippen LogP contribution in [0.2, 0.25) is 0 Å². The smallest absolute Gasteiger partial charge is 0.361 e. The summed E-state index contributed by atoms with van der Waals surface area (Å²) in [5.41, 5.74) is -0.502. The highest BCUT2D eigenvalue weighted by Crippen LogP contribution is 2.32. The van der Waals surface area contributed by atoms with Crippen LogP contribution in [-0.4, -0.2) is 18.4 Å². The van der Waals surface area contributed by atoms with Crippen LogP contribution in [0.5, 0.6) is 0 Å². The zero-order chi connectivity index (χ0) is 13.4. The Morgan fingerprint density at radius 3 is 2.47 bits per heavy atom. The molecule has 0 amide bonds. The number of rotatable bonds is 2. The molecule has 0 aromatic heterocycles. The summed E-state index contributed by atoms with van der Waals surface area (Å²) in [5, 5.41) is 3.17. The third-order valence-corrected chi connectivity index (χ3v) is 2.93. The molecule has 0 aliphatic carbocycles. The van der Waals surface area contributed by atoms with E-state index in [9.17, 15) is 13.2 Å². The monoisotopic (exact) mass is 295 g/mol. The standard InChI is InChI=1S/C13H16F3NO.ClH/c1-12(2)8-18-11(17-12)7-9-5-3-4-6-10(9)13(14,15)16;/h3-6,11,17H,7-8H2,1-2H3;1H. The molecule has 1 aromatic rings. The largest absolute Gasteiger partial charge is 0.416 e. The van der Waals surface area contributed by atoms with Crippen molar-refractivity contribution in [1.29, 1.82) is 0 Å². The summed E-state index contributed by atoms with van der Waals surface area (Å²) < 4.78 is 43.9. The Balaban J connectivity index is 0.00000180. The summed E-state index contributed by atoms with van der Waals surface area (Å²) in [6.45, 7) is 4.43. The van der Waals surface area contributed by atoms with E-state index in [4.69, 9.17) is 4.74 Å². The molecule has 6 heteroatoms. The number of benzene rings is 1. The predicted octanol–water partition coefficient (Wildman–Crippen LogP) is 3.39. The number of hydrogen-bond acceptors (Lipinski definition) is 2. The van der Waals surface area contributed by atoms with Gasteiger partial charge in [0.15, 0.2) is 0 Å². The van der Waals surface area contributed by atoms with E-state index in [-0.39, 0.29) is 36.2 Å².